The SMILES string of the molecule is CCCC(=O)CCCc1cccc(F)c1. The van der Waals surface area contributed by atoms with E-state index in [1.54, 1.807) is 6.07 Å². The molecular formula is C13H17FO. The molecule has 0 saturated heterocycles. The van der Waals surface area contributed by atoms with E-state index < -0.39 is 0 Å². The van der Waals surface area contributed by atoms with Crippen LogP contribution in [0.25, 0.3) is 0 Å². The maximum atomic E-state index is 12.8. The summed E-state index contributed by atoms with van der Waals surface area (Å²) >= 11 is 0. The molecule has 0 heterocycles. The zero-order valence-electron chi connectivity index (χ0n) is 9.13. The number of hydrogen-bond donors (Lipinski definition) is 0. The quantitative estimate of drug-likeness (QED) is 0.699. The molecule has 1 aromatic rings. The number of carbonyl (C=O) groups is 1. The van der Waals surface area contributed by atoms with Gasteiger partial charge in [-0.25, -0.2) is 4.39 Å². The van der Waals surface area contributed by atoms with E-state index in [0.717, 1.165) is 24.8 Å². The normalized spacial score (nSPS) is 10.3. The van der Waals surface area contributed by atoms with E-state index in [1.807, 2.05) is 13.0 Å². The molecular weight excluding hydrogens is 191 g/mol. The monoisotopic (exact) mass is 208 g/mol. The van der Waals surface area contributed by atoms with Crippen LogP contribution in [-0.4, -0.2) is 5.78 Å². The Kier molecular flexibility index (Phi) is 5.02. The van der Waals surface area contributed by atoms with Crippen LogP contribution in [0.4, 0.5) is 4.39 Å². The zero-order chi connectivity index (χ0) is 11.1. The molecule has 1 rings (SSSR count). The molecule has 0 unspecified atom stereocenters. The van der Waals surface area contributed by atoms with Crippen LogP contribution in [0.15, 0.2) is 24.3 Å². The van der Waals surface area contributed by atoms with Crippen molar-refractivity contribution in [2.24, 2.45) is 0 Å². The van der Waals surface area contributed by atoms with Crippen LogP contribution >= 0.6 is 0 Å². The highest BCUT2D eigenvalue weighted by Crippen LogP contribution is 2.08. The minimum absolute atomic E-state index is 0.201. The molecule has 0 aliphatic rings. The summed E-state index contributed by atoms with van der Waals surface area (Å²) in [6.45, 7) is 2.00. The first-order chi connectivity index (χ1) is 7.22. The van der Waals surface area contributed by atoms with E-state index >= 15 is 0 Å². The number of ketones is 1. The molecule has 0 aromatic heterocycles. The summed E-state index contributed by atoms with van der Waals surface area (Å²) in [7, 11) is 0. The molecule has 1 aromatic carbocycles. The van der Waals surface area contributed by atoms with E-state index in [2.05, 4.69) is 0 Å². The van der Waals surface area contributed by atoms with Crippen molar-refractivity contribution in [3.8, 4) is 0 Å². The molecule has 0 aliphatic carbocycles. The van der Waals surface area contributed by atoms with Gasteiger partial charge in [0.1, 0.15) is 11.6 Å². The zero-order valence-corrected chi connectivity index (χ0v) is 9.13. The van der Waals surface area contributed by atoms with Gasteiger partial charge >= 0.3 is 0 Å². The van der Waals surface area contributed by atoms with Crippen molar-refractivity contribution in [1.29, 1.82) is 0 Å². The average Bonchev–Trinajstić information content (AvgIpc) is 2.18. The fraction of sp³-hybridized carbons (Fsp3) is 0.462. The van der Waals surface area contributed by atoms with Crippen LogP contribution in [-0.2, 0) is 11.2 Å². The van der Waals surface area contributed by atoms with Crippen LogP contribution in [0, 0.1) is 5.82 Å². The van der Waals surface area contributed by atoms with E-state index in [-0.39, 0.29) is 5.82 Å². The molecule has 0 bridgehead atoms. The van der Waals surface area contributed by atoms with Gasteiger partial charge in [-0.15, -0.1) is 0 Å². The Morgan fingerprint density at radius 1 is 1.33 bits per heavy atom. The lowest BCUT2D eigenvalue weighted by Gasteiger charge is -2.01. The lowest BCUT2D eigenvalue weighted by Crippen LogP contribution is -1.97. The smallest absolute Gasteiger partial charge is 0.132 e. The van der Waals surface area contributed by atoms with Gasteiger partial charge in [-0.2, -0.15) is 0 Å². The first-order valence-corrected chi connectivity index (χ1v) is 5.48. The van der Waals surface area contributed by atoms with Crippen LogP contribution in [0.1, 0.15) is 38.2 Å². The minimum Gasteiger partial charge on any atom is -0.300 e. The number of benzene rings is 1. The fourth-order valence-electron chi connectivity index (χ4n) is 1.59. The van der Waals surface area contributed by atoms with Crippen molar-refractivity contribution in [3.05, 3.63) is 35.6 Å². The third-order valence-electron chi connectivity index (χ3n) is 2.34. The van der Waals surface area contributed by atoms with E-state index in [0.29, 0.717) is 18.6 Å². The van der Waals surface area contributed by atoms with Gasteiger partial charge in [-0.1, -0.05) is 19.1 Å². The molecule has 0 radical (unpaired) electrons. The summed E-state index contributed by atoms with van der Waals surface area (Å²) in [6, 6.07) is 6.57. The van der Waals surface area contributed by atoms with Crippen LogP contribution in [0.5, 0.6) is 0 Å². The Hall–Kier alpha value is -1.18. The molecule has 0 amide bonds. The van der Waals surface area contributed by atoms with Crippen LogP contribution < -0.4 is 0 Å². The molecule has 0 aliphatic heterocycles. The number of Topliss-reactive ketones (excluding diaryl/α,β-unsaturated/α-hetero) is 1. The first kappa shape index (κ1) is 11.9. The second-order valence-electron chi connectivity index (χ2n) is 3.77. The van der Waals surface area contributed by atoms with Crippen LogP contribution in [0.3, 0.4) is 0 Å². The predicted molar refractivity (Wildman–Crippen MR) is 59.3 cm³/mol. The minimum atomic E-state index is -0.201. The number of carbonyl (C=O) groups excluding carboxylic acids is 1. The molecule has 15 heavy (non-hydrogen) atoms. The Labute approximate surface area is 90.3 Å². The highest BCUT2D eigenvalue weighted by molar-refractivity contribution is 5.78. The highest BCUT2D eigenvalue weighted by atomic mass is 19.1. The summed E-state index contributed by atoms with van der Waals surface area (Å²) in [6.07, 6.45) is 3.81. The van der Waals surface area contributed by atoms with E-state index in [4.69, 9.17) is 0 Å². The molecule has 0 N–H and O–H groups in total. The first-order valence-electron chi connectivity index (χ1n) is 5.48. The highest BCUT2D eigenvalue weighted by Gasteiger charge is 2.01. The third-order valence-corrected chi connectivity index (χ3v) is 2.34. The number of halogens is 1. The van der Waals surface area contributed by atoms with Gasteiger partial charge in [-0.3, -0.25) is 4.79 Å². The van der Waals surface area contributed by atoms with Crippen molar-refractivity contribution in [2.45, 2.75) is 39.0 Å². The topological polar surface area (TPSA) is 17.1 Å². The summed E-state index contributed by atoms with van der Waals surface area (Å²) in [4.78, 5) is 11.2. The lowest BCUT2D eigenvalue weighted by molar-refractivity contribution is -0.119. The van der Waals surface area contributed by atoms with Crippen molar-refractivity contribution >= 4 is 5.78 Å². The third kappa shape index (κ3) is 4.73. The van der Waals surface area contributed by atoms with E-state index in [1.165, 1.54) is 12.1 Å². The van der Waals surface area contributed by atoms with Crippen molar-refractivity contribution in [3.63, 3.8) is 0 Å². The predicted octanol–water partition coefficient (Wildman–Crippen LogP) is 3.52. The fourth-order valence-corrected chi connectivity index (χ4v) is 1.59. The number of aryl methyl sites for hydroxylation is 1. The van der Waals surface area contributed by atoms with Crippen molar-refractivity contribution in [1.82, 2.24) is 0 Å². The van der Waals surface area contributed by atoms with Gasteiger partial charge in [0.2, 0.25) is 0 Å². The maximum Gasteiger partial charge on any atom is 0.132 e. The van der Waals surface area contributed by atoms with Crippen LogP contribution in [0.2, 0.25) is 0 Å². The Balaban J connectivity index is 2.28. The summed E-state index contributed by atoms with van der Waals surface area (Å²) in [5.41, 5.74) is 0.972. The van der Waals surface area contributed by atoms with Gasteiger partial charge in [0.15, 0.2) is 0 Å². The molecule has 82 valence electrons. The van der Waals surface area contributed by atoms with E-state index in [9.17, 15) is 9.18 Å². The molecule has 0 atom stereocenters. The standard InChI is InChI=1S/C13H17FO/c1-2-5-13(15)9-4-7-11-6-3-8-12(14)10-11/h3,6,8,10H,2,4-5,7,9H2,1H3. The summed E-state index contributed by atoms with van der Waals surface area (Å²) in [5, 5.41) is 0. The lowest BCUT2D eigenvalue weighted by atomic mass is 10.0. The Morgan fingerprint density at radius 2 is 2.13 bits per heavy atom. The Morgan fingerprint density at radius 3 is 2.80 bits per heavy atom. The average molecular weight is 208 g/mol. The van der Waals surface area contributed by atoms with Gasteiger partial charge in [0.25, 0.3) is 0 Å². The van der Waals surface area contributed by atoms with Gasteiger partial charge in [0, 0.05) is 12.8 Å². The molecule has 1 nitrogen and oxygen atoms in total. The van der Waals surface area contributed by atoms with Gasteiger partial charge in [-0.05, 0) is 37.0 Å². The molecule has 0 fully saturated rings. The second-order valence-corrected chi connectivity index (χ2v) is 3.77. The number of rotatable bonds is 6. The van der Waals surface area contributed by atoms with Crippen molar-refractivity contribution < 1.29 is 9.18 Å². The van der Waals surface area contributed by atoms with Gasteiger partial charge < -0.3 is 0 Å². The Bertz CT molecular complexity index is 320. The van der Waals surface area contributed by atoms with Crippen molar-refractivity contribution in [2.75, 3.05) is 0 Å². The van der Waals surface area contributed by atoms with Gasteiger partial charge in [0.05, 0.1) is 0 Å². The molecule has 2 heteroatoms. The number of hydrogen-bond acceptors (Lipinski definition) is 1. The maximum absolute atomic E-state index is 12.8. The second kappa shape index (κ2) is 6.33. The summed E-state index contributed by atoms with van der Waals surface area (Å²) in [5.74, 6) is 0.112. The molecule has 0 spiro atoms. The largest absolute Gasteiger partial charge is 0.300 e. The summed E-state index contributed by atoms with van der Waals surface area (Å²) < 4.78 is 12.8. The molecule has 0 saturated carbocycles.